The van der Waals surface area contributed by atoms with Crippen LogP contribution in [0.3, 0.4) is 0 Å². The Morgan fingerprint density at radius 2 is 1.82 bits per heavy atom. The molecule has 38 heavy (non-hydrogen) atoms. The van der Waals surface area contributed by atoms with Gasteiger partial charge in [0.1, 0.15) is 5.75 Å². The van der Waals surface area contributed by atoms with Crippen molar-refractivity contribution in [3.05, 3.63) is 93.0 Å². The third-order valence-electron chi connectivity index (χ3n) is 7.92. The van der Waals surface area contributed by atoms with Crippen molar-refractivity contribution >= 4 is 34.8 Å². The van der Waals surface area contributed by atoms with Crippen molar-refractivity contribution in [2.24, 2.45) is 11.8 Å². The van der Waals surface area contributed by atoms with Gasteiger partial charge in [0.2, 0.25) is 0 Å². The van der Waals surface area contributed by atoms with E-state index >= 15 is 0 Å². The molecule has 0 spiro atoms. The van der Waals surface area contributed by atoms with Gasteiger partial charge in [-0.15, -0.1) is 0 Å². The number of hydrogen-bond donors (Lipinski definition) is 1. The molecule has 1 fully saturated rings. The molecular formula is C32H35Cl2NO3. The summed E-state index contributed by atoms with van der Waals surface area (Å²) >= 11 is 12.4. The van der Waals surface area contributed by atoms with Crippen molar-refractivity contribution in [3.8, 4) is 5.75 Å². The lowest BCUT2D eigenvalue weighted by molar-refractivity contribution is -0.118. The number of anilines is 1. The van der Waals surface area contributed by atoms with Gasteiger partial charge < -0.3 is 14.8 Å². The second kappa shape index (κ2) is 12.1. The minimum Gasteiger partial charge on any atom is -0.484 e. The fourth-order valence-corrected chi connectivity index (χ4v) is 6.15. The van der Waals surface area contributed by atoms with Gasteiger partial charge in [0, 0.05) is 11.6 Å². The maximum atomic E-state index is 12.7. The molecule has 1 aliphatic carbocycles. The molecule has 3 aromatic rings. The Labute approximate surface area is 235 Å². The van der Waals surface area contributed by atoms with E-state index in [4.69, 9.17) is 32.7 Å². The minimum atomic E-state index is -0.146. The number of amides is 1. The molecule has 200 valence electrons. The summed E-state index contributed by atoms with van der Waals surface area (Å²) in [5.41, 5.74) is 5.76. The van der Waals surface area contributed by atoms with E-state index in [0.717, 1.165) is 42.5 Å². The topological polar surface area (TPSA) is 47.6 Å². The zero-order valence-electron chi connectivity index (χ0n) is 22.0. The van der Waals surface area contributed by atoms with Crippen LogP contribution >= 0.6 is 23.2 Å². The minimum absolute atomic E-state index is 0.0361. The fourth-order valence-electron chi connectivity index (χ4n) is 5.84. The summed E-state index contributed by atoms with van der Waals surface area (Å²) in [5.74, 6) is 1.54. The first-order chi connectivity index (χ1) is 18.4. The summed E-state index contributed by atoms with van der Waals surface area (Å²) < 4.78 is 12.4. The molecule has 0 bridgehead atoms. The van der Waals surface area contributed by atoms with Crippen LogP contribution in [0, 0.1) is 11.8 Å². The number of nitrogens with one attached hydrogen (secondary N) is 1. The molecule has 0 radical (unpaired) electrons. The number of halogens is 2. The monoisotopic (exact) mass is 551 g/mol. The third kappa shape index (κ3) is 6.20. The van der Waals surface area contributed by atoms with E-state index in [1.165, 1.54) is 17.5 Å². The van der Waals surface area contributed by atoms with Gasteiger partial charge in [-0.3, -0.25) is 4.79 Å². The largest absolute Gasteiger partial charge is 0.484 e. The van der Waals surface area contributed by atoms with E-state index in [0.29, 0.717) is 34.2 Å². The van der Waals surface area contributed by atoms with E-state index in [-0.39, 0.29) is 24.5 Å². The fraction of sp³-hybridized carbons (Fsp3) is 0.406. The zero-order chi connectivity index (χ0) is 26.6. The highest BCUT2D eigenvalue weighted by atomic mass is 35.5. The Bertz CT molecular complexity index is 1290. The first-order valence-electron chi connectivity index (χ1n) is 13.6. The van der Waals surface area contributed by atoms with E-state index in [1.54, 1.807) is 0 Å². The van der Waals surface area contributed by atoms with Crippen molar-refractivity contribution in [2.45, 2.75) is 58.0 Å². The Hall–Kier alpha value is -2.53. The quantitative estimate of drug-likeness (QED) is 0.320. The van der Waals surface area contributed by atoms with Gasteiger partial charge in [0.15, 0.2) is 6.61 Å². The summed E-state index contributed by atoms with van der Waals surface area (Å²) in [7, 11) is 0. The van der Waals surface area contributed by atoms with Crippen LogP contribution in [0.5, 0.6) is 5.75 Å². The summed E-state index contributed by atoms with van der Waals surface area (Å²) in [6.07, 6.45) is 5.42. The number of ether oxygens (including phenoxy) is 2. The molecule has 1 heterocycles. The standard InChI is InChI=1S/C32H35Cl2NO3/c1-20(2)27-16-24(22-13-14-28(33)29(34)17-22)18-38-32(27)23-9-5-10-25(15-23)37-19-31(36)35-30-12-6-8-21-7-3-4-11-26(21)30/h5-6,8-10,12-15,17,20,24,27,32H,3-4,7,11,16,18-19H2,1-2H3,(H,35,36)/t24-,27-,32-/m0/s1. The Balaban J connectivity index is 1.23. The highest BCUT2D eigenvalue weighted by molar-refractivity contribution is 6.42. The molecular weight excluding hydrogens is 517 g/mol. The average molecular weight is 553 g/mol. The smallest absolute Gasteiger partial charge is 0.262 e. The molecule has 3 atom stereocenters. The molecule has 2 aliphatic rings. The lowest BCUT2D eigenvalue weighted by Crippen LogP contribution is -2.31. The maximum Gasteiger partial charge on any atom is 0.262 e. The van der Waals surface area contributed by atoms with Crippen molar-refractivity contribution in [3.63, 3.8) is 0 Å². The predicted octanol–water partition coefficient (Wildman–Crippen LogP) is 8.41. The van der Waals surface area contributed by atoms with Gasteiger partial charge in [0.05, 0.1) is 22.8 Å². The summed E-state index contributed by atoms with van der Waals surface area (Å²) in [6, 6.07) is 20.0. The summed E-state index contributed by atoms with van der Waals surface area (Å²) in [5, 5.41) is 4.21. The zero-order valence-corrected chi connectivity index (χ0v) is 23.5. The molecule has 3 aromatic carbocycles. The third-order valence-corrected chi connectivity index (χ3v) is 8.66. The van der Waals surface area contributed by atoms with E-state index in [1.807, 2.05) is 48.5 Å². The molecule has 1 N–H and O–H groups in total. The maximum absolute atomic E-state index is 12.7. The molecule has 5 rings (SSSR count). The number of carbonyl (C=O) groups is 1. The first kappa shape index (κ1) is 27.1. The van der Waals surface area contributed by atoms with Gasteiger partial charge in [-0.2, -0.15) is 0 Å². The van der Waals surface area contributed by atoms with E-state index in [2.05, 4.69) is 31.3 Å². The molecule has 1 amide bonds. The molecule has 0 aromatic heterocycles. The van der Waals surface area contributed by atoms with Crippen LogP contribution in [-0.4, -0.2) is 19.1 Å². The summed E-state index contributed by atoms with van der Waals surface area (Å²) in [4.78, 5) is 12.7. The van der Waals surface area contributed by atoms with Crippen LogP contribution in [-0.2, 0) is 22.4 Å². The van der Waals surface area contributed by atoms with Crippen molar-refractivity contribution in [1.82, 2.24) is 0 Å². The SMILES string of the molecule is CC(C)[C@@H]1C[C@H](c2ccc(Cl)c(Cl)c2)CO[C@H]1c1cccc(OCC(=O)Nc2cccc3c2CCCC3)c1. The number of hydrogen-bond acceptors (Lipinski definition) is 3. The van der Waals surface area contributed by atoms with Crippen LogP contribution in [0.1, 0.15) is 67.4 Å². The van der Waals surface area contributed by atoms with Gasteiger partial charge in [0.25, 0.3) is 5.91 Å². The number of benzene rings is 3. The molecule has 4 nitrogen and oxygen atoms in total. The number of carbonyl (C=O) groups excluding carboxylic acids is 1. The van der Waals surface area contributed by atoms with Gasteiger partial charge in [-0.05, 0) is 96.5 Å². The van der Waals surface area contributed by atoms with Crippen LogP contribution in [0.4, 0.5) is 5.69 Å². The van der Waals surface area contributed by atoms with E-state index in [9.17, 15) is 4.79 Å². The van der Waals surface area contributed by atoms with Crippen LogP contribution < -0.4 is 10.1 Å². The highest BCUT2D eigenvalue weighted by Crippen LogP contribution is 2.44. The van der Waals surface area contributed by atoms with Gasteiger partial charge in [-0.25, -0.2) is 0 Å². The molecule has 6 heteroatoms. The predicted molar refractivity (Wildman–Crippen MR) is 154 cm³/mol. The first-order valence-corrected chi connectivity index (χ1v) is 14.3. The molecule has 0 saturated carbocycles. The van der Waals surface area contributed by atoms with Crippen LogP contribution in [0.25, 0.3) is 0 Å². The van der Waals surface area contributed by atoms with Crippen molar-refractivity contribution in [1.29, 1.82) is 0 Å². The number of fused-ring (bicyclic) bond motifs is 1. The van der Waals surface area contributed by atoms with Gasteiger partial charge >= 0.3 is 0 Å². The number of aryl methyl sites for hydroxylation is 1. The second-order valence-corrected chi connectivity index (χ2v) is 11.6. The average Bonchev–Trinajstić information content (AvgIpc) is 2.93. The van der Waals surface area contributed by atoms with Crippen molar-refractivity contribution in [2.75, 3.05) is 18.5 Å². The molecule has 1 saturated heterocycles. The second-order valence-electron chi connectivity index (χ2n) is 10.8. The lowest BCUT2D eigenvalue weighted by atomic mass is 9.76. The van der Waals surface area contributed by atoms with E-state index < -0.39 is 0 Å². The normalized spacial score (nSPS) is 21.1. The number of rotatable bonds is 7. The Morgan fingerprint density at radius 3 is 2.63 bits per heavy atom. The Kier molecular flexibility index (Phi) is 8.62. The molecule has 1 aliphatic heterocycles. The Morgan fingerprint density at radius 1 is 1.00 bits per heavy atom. The molecule has 0 unspecified atom stereocenters. The lowest BCUT2D eigenvalue weighted by Gasteiger charge is -2.39. The van der Waals surface area contributed by atoms with Crippen LogP contribution in [0.15, 0.2) is 60.7 Å². The summed E-state index contributed by atoms with van der Waals surface area (Å²) in [6.45, 7) is 5.06. The van der Waals surface area contributed by atoms with Gasteiger partial charge in [-0.1, -0.05) is 67.4 Å². The highest BCUT2D eigenvalue weighted by Gasteiger charge is 2.35. The van der Waals surface area contributed by atoms with Crippen molar-refractivity contribution < 1.29 is 14.3 Å². The van der Waals surface area contributed by atoms with Crippen LogP contribution in [0.2, 0.25) is 10.0 Å².